The zero-order valence-corrected chi connectivity index (χ0v) is 7.78. The van der Waals surface area contributed by atoms with Crippen LogP contribution in [0.15, 0.2) is 5.38 Å². The normalized spacial score (nSPS) is 13.9. The van der Waals surface area contributed by atoms with Crippen molar-refractivity contribution in [1.82, 2.24) is 4.98 Å². The Morgan fingerprint density at radius 2 is 2.09 bits per heavy atom. The highest BCUT2D eigenvalue weighted by Crippen LogP contribution is 2.24. The molecule has 1 atom stereocenters. The number of rotatable bonds is 2. The molecule has 0 aliphatic carbocycles. The lowest BCUT2D eigenvalue weighted by atomic mass is 10.2. The Morgan fingerprint density at radius 1 is 1.45 bits per heavy atom. The predicted octanol–water partition coefficient (Wildman–Crippen LogP) is 3.30. The second-order valence-corrected chi connectivity index (χ2v) is 3.77. The number of alkyl halides is 1. The fourth-order valence-electron chi connectivity index (χ4n) is 0.749. The molecule has 62 valence electrons. The molecule has 0 saturated carbocycles. The molecular formula is C8H12FNS. The fraction of sp³-hybridized carbons (Fsp3) is 0.625. The summed E-state index contributed by atoms with van der Waals surface area (Å²) in [5, 5.41) is 2.52. The molecule has 1 nitrogen and oxygen atoms in total. The van der Waals surface area contributed by atoms with E-state index < -0.39 is 6.17 Å². The molecule has 0 saturated heterocycles. The van der Waals surface area contributed by atoms with Crippen molar-refractivity contribution in [2.24, 2.45) is 0 Å². The van der Waals surface area contributed by atoms with Gasteiger partial charge in [-0.3, -0.25) is 0 Å². The number of nitrogens with zero attached hydrogens (tertiary/aromatic N) is 1. The summed E-state index contributed by atoms with van der Waals surface area (Å²) in [6.45, 7) is 5.63. The van der Waals surface area contributed by atoms with Gasteiger partial charge in [-0.1, -0.05) is 13.8 Å². The number of hydrogen-bond acceptors (Lipinski definition) is 2. The molecule has 0 aliphatic rings. The number of thiazole rings is 1. The van der Waals surface area contributed by atoms with Gasteiger partial charge in [-0.2, -0.15) is 0 Å². The van der Waals surface area contributed by atoms with Crippen molar-refractivity contribution in [1.29, 1.82) is 0 Å². The summed E-state index contributed by atoms with van der Waals surface area (Å²) in [5.74, 6) is 0.402. The van der Waals surface area contributed by atoms with E-state index in [0.29, 0.717) is 10.9 Å². The van der Waals surface area contributed by atoms with Gasteiger partial charge in [0.2, 0.25) is 0 Å². The summed E-state index contributed by atoms with van der Waals surface area (Å²) in [4.78, 5) is 4.15. The van der Waals surface area contributed by atoms with Crippen molar-refractivity contribution in [3.05, 3.63) is 16.1 Å². The minimum Gasteiger partial charge on any atom is -0.243 e. The van der Waals surface area contributed by atoms with Crippen LogP contribution in [0.3, 0.4) is 0 Å². The first kappa shape index (κ1) is 8.65. The average Bonchev–Trinajstić information content (AvgIpc) is 2.33. The maximum absolute atomic E-state index is 12.7. The van der Waals surface area contributed by atoms with E-state index in [0.717, 1.165) is 5.69 Å². The van der Waals surface area contributed by atoms with Gasteiger partial charge < -0.3 is 0 Å². The van der Waals surface area contributed by atoms with Gasteiger partial charge in [0.15, 0.2) is 0 Å². The first-order chi connectivity index (χ1) is 5.11. The summed E-state index contributed by atoms with van der Waals surface area (Å²) in [6.07, 6.45) is -0.924. The standard InChI is InChI=1S/C8H12FNS/c1-5(2)7-4-11-8(10-7)6(3)9/h4-6H,1-3H3. The minimum absolute atomic E-state index is 0.402. The Morgan fingerprint density at radius 3 is 2.36 bits per heavy atom. The minimum atomic E-state index is -0.924. The second kappa shape index (κ2) is 3.30. The van der Waals surface area contributed by atoms with Crippen LogP contribution in [0.5, 0.6) is 0 Å². The third-order valence-corrected chi connectivity index (χ3v) is 2.49. The van der Waals surface area contributed by atoms with Crippen LogP contribution < -0.4 is 0 Å². The smallest absolute Gasteiger partial charge is 0.149 e. The van der Waals surface area contributed by atoms with E-state index >= 15 is 0 Å². The predicted molar refractivity (Wildman–Crippen MR) is 45.7 cm³/mol. The molecule has 1 unspecified atom stereocenters. The summed E-state index contributed by atoms with van der Waals surface area (Å²) in [5.41, 5.74) is 0.995. The quantitative estimate of drug-likeness (QED) is 0.668. The first-order valence-corrected chi connectivity index (χ1v) is 4.58. The molecule has 1 aromatic rings. The van der Waals surface area contributed by atoms with Crippen molar-refractivity contribution < 1.29 is 4.39 Å². The molecular weight excluding hydrogens is 161 g/mol. The van der Waals surface area contributed by atoms with Crippen LogP contribution >= 0.6 is 11.3 Å². The molecule has 0 N–H and O–H groups in total. The van der Waals surface area contributed by atoms with Gasteiger partial charge in [0.05, 0.1) is 5.69 Å². The van der Waals surface area contributed by atoms with Gasteiger partial charge in [-0.25, -0.2) is 9.37 Å². The van der Waals surface area contributed by atoms with E-state index in [-0.39, 0.29) is 0 Å². The van der Waals surface area contributed by atoms with Crippen molar-refractivity contribution in [2.75, 3.05) is 0 Å². The fourth-order valence-corrected chi connectivity index (χ4v) is 1.66. The van der Waals surface area contributed by atoms with E-state index in [1.807, 2.05) is 5.38 Å². The highest BCUT2D eigenvalue weighted by atomic mass is 32.1. The Kier molecular flexibility index (Phi) is 2.60. The van der Waals surface area contributed by atoms with Crippen LogP contribution in [0.2, 0.25) is 0 Å². The molecule has 0 fully saturated rings. The first-order valence-electron chi connectivity index (χ1n) is 3.70. The summed E-state index contributed by atoms with van der Waals surface area (Å²) < 4.78 is 12.7. The van der Waals surface area contributed by atoms with Crippen LogP contribution in [0.4, 0.5) is 4.39 Å². The maximum Gasteiger partial charge on any atom is 0.149 e. The monoisotopic (exact) mass is 173 g/mol. The molecule has 1 rings (SSSR count). The molecule has 0 bridgehead atoms. The van der Waals surface area contributed by atoms with Crippen molar-refractivity contribution in [3.63, 3.8) is 0 Å². The Bertz CT molecular complexity index is 207. The zero-order chi connectivity index (χ0) is 8.43. The van der Waals surface area contributed by atoms with E-state index in [9.17, 15) is 4.39 Å². The molecule has 1 aromatic heterocycles. The molecule has 0 aliphatic heterocycles. The molecule has 3 heteroatoms. The lowest BCUT2D eigenvalue weighted by Gasteiger charge is -1.97. The van der Waals surface area contributed by atoms with Crippen LogP contribution in [0.1, 0.15) is 43.6 Å². The summed E-state index contributed by atoms with van der Waals surface area (Å²) in [7, 11) is 0. The molecule has 0 aromatic carbocycles. The Balaban J connectivity index is 2.82. The number of hydrogen-bond donors (Lipinski definition) is 0. The Hall–Kier alpha value is -0.440. The number of halogens is 1. The van der Waals surface area contributed by atoms with Crippen LogP contribution in [0.25, 0.3) is 0 Å². The average molecular weight is 173 g/mol. The summed E-state index contributed by atoms with van der Waals surface area (Å²) in [6, 6.07) is 0. The van der Waals surface area contributed by atoms with E-state index in [2.05, 4.69) is 18.8 Å². The van der Waals surface area contributed by atoms with E-state index in [4.69, 9.17) is 0 Å². The lowest BCUT2D eigenvalue weighted by molar-refractivity contribution is 0.372. The van der Waals surface area contributed by atoms with E-state index in [1.54, 1.807) is 0 Å². The zero-order valence-electron chi connectivity index (χ0n) is 6.97. The van der Waals surface area contributed by atoms with Gasteiger partial charge in [0, 0.05) is 5.38 Å². The van der Waals surface area contributed by atoms with Gasteiger partial charge in [-0.05, 0) is 12.8 Å². The van der Waals surface area contributed by atoms with Gasteiger partial charge in [-0.15, -0.1) is 11.3 Å². The highest BCUT2D eigenvalue weighted by Gasteiger charge is 2.09. The molecule has 0 spiro atoms. The highest BCUT2D eigenvalue weighted by molar-refractivity contribution is 7.09. The SMILES string of the molecule is CC(C)c1csc(C(C)F)n1. The van der Waals surface area contributed by atoms with Crippen molar-refractivity contribution in [2.45, 2.75) is 32.9 Å². The van der Waals surface area contributed by atoms with Crippen LogP contribution in [-0.4, -0.2) is 4.98 Å². The van der Waals surface area contributed by atoms with Crippen molar-refractivity contribution in [3.8, 4) is 0 Å². The number of aromatic nitrogens is 1. The van der Waals surface area contributed by atoms with E-state index in [1.165, 1.54) is 18.3 Å². The molecule has 1 heterocycles. The van der Waals surface area contributed by atoms with Gasteiger partial charge in [0.25, 0.3) is 0 Å². The molecule has 0 radical (unpaired) electrons. The lowest BCUT2D eigenvalue weighted by Crippen LogP contribution is -1.89. The third-order valence-electron chi connectivity index (χ3n) is 1.47. The van der Waals surface area contributed by atoms with Gasteiger partial charge in [0.1, 0.15) is 11.2 Å². The van der Waals surface area contributed by atoms with Gasteiger partial charge >= 0.3 is 0 Å². The molecule has 0 amide bonds. The molecule has 11 heavy (non-hydrogen) atoms. The van der Waals surface area contributed by atoms with Crippen molar-refractivity contribution >= 4 is 11.3 Å². The Labute approximate surface area is 70.3 Å². The second-order valence-electron chi connectivity index (χ2n) is 2.88. The topological polar surface area (TPSA) is 12.9 Å². The largest absolute Gasteiger partial charge is 0.243 e. The third kappa shape index (κ3) is 1.99. The van der Waals surface area contributed by atoms with Crippen LogP contribution in [-0.2, 0) is 0 Å². The van der Waals surface area contributed by atoms with Crippen LogP contribution in [0, 0.1) is 0 Å². The maximum atomic E-state index is 12.7. The summed E-state index contributed by atoms with van der Waals surface area (Å²) >= 11 is 1.40.